The van der Waals surface area contributed by atoms with Gasteiger partial charge < -0.3 is 10.2 Å². The zero-order valence-electron chi connectivity index (χ0n) is 13.9. The van der Waals surface area contributed by atoms with Crippen LogP contribution in [-0.2, 0) is 21.1 Å². The van der Waals surface area contributed by atoms with E-state index < -0.39 is 20.5 Å². The number of carbonyl (C=O) groups is 1. The molecular weight excluding hydrogens is 362 g/mol. The van der Waals surface area contributed by atoms with Crippen LogP contribution in [0.3, 0.4) is 0 Å². The van der Waals surface area contributed by atoms with Crippen molar-refractivity contribution in [1.29, 1.82) is 0 Å². The summed E-state index contributed by atoms with van der Waals surface area (Å²) < 4.78 is 47.9. The first kappa shape index (κ1) is 18.3. The van der Waals surface area contributed by atoms with Crippen molar-refractivity contribution in [3.63, 3.8) is 0 Å². The number of benzene rings is 2. The number of hydrogen-bond donors (Lipinski definition) is 1. The molecule has 2 aromatic rings. The number of aryl methyl sites for hydroxylation is 1. The summed E-state index contributed by atoms with van der Waals surface area (Å²) in [5.41, 5.74) is 2.59. The summed E-state index contributed by atoms with van der Waals surface area (Å²) in [5, 5.41) is 2.66. The van der Waals surface area contributed by atoms with Crippen LogP contribution in [0.4, 0.5) is 20.2 Å². The van der Waals surface area contributed by atoms with Gasteiger partial charge in [0.1, 0.15) is 0 Å². The Morgan fingerprint density at radius 2 is 1.81 bits per heavy atom. The molecule has 0 atom stereocenters. The van der Waals surface area contributed by atoms with Gasteiger partial charge >= 0.3 is 5.76 Å². The highest BCUT2D eigenvalue weighted by Crippen LogP contribution is 2.26. The second kappa shape index (κ2) is 7.41. The Hall–Kier alpha value is -2.48. The van der Waals surface area contributed by atoms with Gasteiger partial charge in [-0.1, -0.05) is 18.2 Å². The summed E-state index contributed by atoms with van der Waals surface area (Å²) in [6.45, 7) is 0.935. The lowest BCUT2D eigenvalue weighted by atomic mass is 10.0. The molecule has 138 valence electrons. The molecule has 0 aromatic heterocycles. The third kappa shape index (κ3) is 3.85. The van der Waals surface area contributed by atoms with Crippen molar-refractivity contribution in [3.05, 3.63) is 54.1 Å². The summed E-state index contributed by atoms with van der Waals surface area (Å²) in [6, 6.07) is 12.7. The third-order valence-corrected chi connectivity index (χ3v) is 5.64. The summed E-state index contributed by atoms with van der Waals surface area (Å²) in [5.74, 6) is -3.73. The molecule has 0 unspecified atom stereocenters. The van der Waals surface area contributed by atoms with Crippen molar-refractivity contribution in [1.82, 2.24) is 0 Å². The van der Waals surface area contributed by atoms with Gasteiger partial charge in [-0.15, -0.1) is 0 Å². The van der Waals surface area contributed by atoms with E-state index in [2.05, 4.69) is 5.32 Å². The molecule has 0 saturated heterocycles. The molecule has 1 aliphatic rings. The van der Waals surface area contributed by atoms with Crippen molar-refractivity contribution in [2.24, 2.45) is 0 Å². The smallest absolute Gasteiger partial charge is 0.341 e. The molecule has 8 heteroatoms. The molecule has 0 saturated carbocycles. The van der Waals surface area contributed by atoms with Crippen LogP contribution in [0, 0.1) is 0 Å². The van der Waals surface area contributed by atoms with Gasteiger partial charge in [-0.05, 0) is 48.7 Å². The summed E-state index contributed by atoms with van der Waals surface area (Å²) in [4.78, 5) is 13.8. The van der Waals surface area contributed by atoms with E-state index in [0.29, 0.717) is 5.69 Å². The number of alkyl halides is 2. The Morgan fingerprint density at radius 3 is 2.50 bits per heavy atom. The van der Waals surface area contributed by atoms with Crippen LogP contribution in [0.15, 0.2) is 53.4 Å². The van der Waals surface area contributed by atoms with Crippen molar-refractivity contribution >= 4 is 27.1 Å². The minimum atomic E-state index is -4.63. The number of halogens is 2. The van der Waals surface area contributed by atoms with Gasteiger partial charge in [-0.3, -0.25) is 4.79 Å². The second-order valence-corrected chi connectivity index (χ2v) is 7.95. The van der Waals surface area contributed by atoms with Crippen molar-refractivity contribution < 1.29 is 22.0 Å². The molecule has 1 amide bonds. The Labute approximate surface area is 150 Å². The molecule has 1 N–H and O–H groups in total. The SMILES string of the molecule is O=C(CN1CCCc2ccccc21)Nc1ccc(S(=O)(=O)C(F)F)cc1. The molecular formula is C18H18F2N2O3S. The van der Waals surface area contributed by atoms with E-state index in [1.54, 1.807) is 0 Å². The molecule has 1 aliphatic heterocycles. The number of rotatable bonds is 5. The molecule has 5 nitrogen and oxygen atoms in total. The highest BCUT2D eigenvalue weighted by Gasteiger charge is 2.26. The highest BCUT2D eigenvalue weighted by molar-refractivity contribution is 7.91. The van der Waals surface area contributed by atoms with Crippen LogP contribution in [0.2, 0.25) is 0 Å². The maximum atomic E-state index is 12.5. The Kier molecular flexibility index (Phi) is 5.22. The van der Waals surface area contributed by atoms with Gasteiger partial charge in [0.15, 0.2) is 0 Å². The number of para-hydroxylation sites is 1. The Balaban J connectivity index is 1.66. The highest BCUT2D eigenvalue weighted by atomic mass is 32.2. The fourth-order valence-corrected chi connectivity index (χ4v) is 3.70. The molecule has 0 bridgehead atoms. The largest absolute Gasteiger partial charge is 0.362 e. The van der Waals surface area contributed by atoms with Gasteiger partial charge in [0.25, 0.3) is 0 Å². The zero-order chi connectivity index (χ0) is 18.7. The molecule has 0 fully saturated rings. The van der Waals surface area contributed by atoms with E-state index in [-0.39, 0.29) is 12.5 Å². The number of amides is 1. The molecule has 0 radical (unpaired) electrons. The van der Waals surface area contributed by atoms with Crippen molar-refractivity contribution in [2.75, 3.05) is 23.3 Å². The lowest BCUT2D eigenvalue weighted by molar-refractivity contribution is -0.115. The van der Waals surface area contributed by atoms with E-state index in [9.17, 15) is 22.0 Å². The van der Waals surface area contributed by atoms with Crippen LogP contribution < -0.4 is 10.2 Å². The maximum Gasteiger partial charge on any atom is 0.341 e. The van der Waals surface area contributed by atoms with Gasteiger partial charge in [0.05, 0.1) is 11.4 Å². The summed E-state index contributed by atoms with van der Waals surface area (Å²) >= 11 is 0. The molecule has 26 heavy (non-hydrogen) atoms. The van der Waals surface area contributed by atoms with E-state index in [1.807, 2.05) is 29.2 Å². The van der Waals surface area contributed by atoms with E-state index in [4.69, 9.17) is 0 Å². The average Bonchev–Trinajstić information content (AvgIpc) is 2.62. The molecule has 3 rings (SSSR count). The lowest BCUT2D eigenvalue weighted by Crippen LogP contribution is -2.36. The predicted octanol–water partition coefficient (Wildman–Crippen LogP) is 3.07. The van der Waals surface area contributed by atoms with Crippen LogP contribution in [-0.4, -0.2) is 33.2 Å². The van der Waals surface area contributed by atoms with Crippen molar-refractivity contribution in [2.45, 2.75) is 23.5 Å². The Bertz CT molecular complexity index is 899. The summed E-state index contributed by atoms with van der Waals surface area (Å²) in [6.07, 6.45) is 1.94. The minimum absolute atomic E-state index is 0.161. The maximum absolute atomic E-state index is 12.5. The number of nitrogens with one attached hydrogen (secondary N) is 1. The normalized spacial score (nSPS) is 14.2. The zero-order valence-corrected chi connectivity index (χ0v) is 14.7. The number of fused-ring (bicyclic) bond motifs is 1. The minimum Gasteiger partial charge on any atom is -0.362 e. The van der Waals surface area contributed by atoms with Gasteiger partial charge in [0.2, 0.25) is 15.7 Å². The predicted molar refractivity (Wildman–Crippen MR) is 95.2 cm³/mol. The standard InChI is InChI=1S/C18H18F2N2O3S/c19-18(20)26(24,25)15-9-7-14(8-10-15)21-17(23)12-22-11-3-5-13-4-1-2-6-16(13)22/h1-2,4,6-10,18H,3,5,11-12H2,(H,21,23). The first-order valence-corrected chi connectivity index (χ1v) is 9.67. The van der Waals surface area contributed by atoms with Gasteiger partial charge in [-0.25, -0.2) is 8.42 Å². The number of hydrogen-bond acceptors (Lipinski definition) is 4. The number of nitrogens with zero attached hydrogens (tertiary/aromatic N) is 1. The fourth-order valence-electron chi connectivity index (χ4n) is 2.98. The molecule has 0 spiro atoms. The molecule has 0 aliphatic carbocycles. The van der Waals surface area contributed by atoms with Gasteiger partial charge in [-0.2, -0.15) is 8.78 Å². The van der Waals surface area contributed by atoms with Crippen LogP contribution >= 0.6 is 0 Å². The van der Waals surface area contributed by atoms with E-state index in [1.165, 1.54) is 17.7 Å². The number of carbonyl (C=O) groups excluding carboxylic acids is 1. The fraction of sp³-hybridized carbons (Fsp3) is 0.278. The first-order chi connectivity index (χ1) is 12.4. The van der Waals surface area contributed by atoms with Crippen molar-refractivity contribution in [3.8, 4) is 0 Å². The Morgan fingerprint density at radius 1 is 1.12 bits per heavy atom. The van der Waals surface area contributed by atoms with Gasteiger partial charge in [0, 0.05) is 17.9 Å². The van der Waals surface area contributed by atoms with E-state index in [0.717, 1.165) is 37.2 Å². The summed E-state index contributed by atoms with van der Waals surface area (Å²) in [7, 11) is -4.63. The number of sulfone groups is 1. The lowest BCUT2D eigenvalue weighted by Gasteiger charge is -2.30. The number of anilines is 2. The second-order valence-electron chi connectivity index (χ2n) is 6.03. The quantitative estimate of drug-likeness (QED) is 0.866. The first-order valence-electron chi connectivity index (χ1n) is 8.13. The molecule has 1 heterocycles. The third-order valence-electron chi connectivity index (χ3n) is 4.24. The topological polar surface area (TPSA) is 66.5 Å². The van der Waals surface area contributed by atoms with Crippen LogP contribution in [0.25, 0.3) is 0 Å². The monoisotopic (exact) mass is 380 g/mol. The van der Waals surface area contributed by atoms with Crippen LogP contribution in [0.1, 0.15) is 12.0 Å². The van der Waals surface area contributed by atoms with Crippen LogP contribution in [0.5, 0.6) is 0 Å². The average molecular weight is 380 g/mol. The molecule has 2 aromatic carbocycles. The van der Waals surface area contributed by atoms with E-state index >= 15 is 0 Å².